The first kappa shape index (κ1) is 20.3. The monoisotopic (exact) mass is 439 g/mol. The average Bonchev–Trinajstić information content (AvgIpc) is 3.11. The number of ether oxygens (including phenoxy) is 1. The molecule has 1 N–H and O–H groups in total. The second-order valence-electron chi connectivity index (χ2n) is 5.56. The number of thiazole rings is 1. The van der Waals surface area contributed by atoms with Crippen molar-refractivity contribution in [1.82, 2.24) is 10.3 Å². The van der Waals surface area contributed by atoms with Gasteiger partial charge in [-0.15, -0.1) is 28.3 Å². The van der Waals surface area contributed by atoms with Gasteiger partial charge in [-0.2, -0.15) is 0 Å². The third kappa shape index (κ3) is 3.86. The first-order chi connectivity index (χ1) is 12.0. The van der Waals surface area contributed by atoms with E-state index in [0.29, 0.717) is 33.2 Å². The van der Waals surface area contributed by atoms with Crippen LogP contribution >= 0.6 is 28.3 Å². The van der Waals surface area contributed by atoms with Crippen LogP contribution in [0, 0.1) is 12.7 Å². The van der Waals surface area contributed by atoms with Crippen LogP contribution in [-0.4, -0.2) is 23.4 Å². The van der Waals surface area contributed by atoms with Crippen LogP contribution in [0.25, 0.3) is 0 Å². The molecule has 1 aliphatic rings. The van der Waals surface area contributed by atoms with Crippen molar-refractivity contribution >= 4 is 40.1 Å². The fraction of sp³-hybridized carbons (Fsp3) is 0.278. The molecule has 1 aromatic carbocycles. The van der Waals surface area contributed by atoms with E-state index in [-0.39, 0.29) is 29.4 Å². The Labute approximate surface area is 165 Å². The Morgan fingerprint density at radius 3 is 2.81 bits per heavy atom. The Morgan fingerprint density at radius 2 is 2.15 bits per heavy atom. The summed E-state index contributed by atoms with van der Waals surface area (Å²) >= 11 is 1.44. The minimum atomic E-state index is -0.644. The largest absolute Gasteiger partial charge is 0.463 e. The van der Waals surface area contributed by atoms with Gasteiger partial charge in [-0.3, -0.25) is 4.99 Å². The Morgan fingerprint density at radius 1 is 1.38 bits per heavy atom. The highest BCUT2D eigenvalue weighted by atomic mass is 79.9. The van der Waals surface area contributed by atoms with Crippen LogP contribution in [0.2, 0.25) is 0 Å². The normalized spacial score (nSPS) is 16.5. The van der Waals surface area contributed by atoms with E-state index in [0.717, 1.165) is 0 Å². The Balaban J connectivity index is 0.00000243. The van der Waals surface area contributed by atoms with Crippen molar-refractivity contribution in [3.05, 3.63) is 63.0 Å². The standard InChI is InChI=1S/C18H18FN3O2S.BrH/c1-4-24-18(23)14-11(3)21-16(17-20-8-9-25-17)22-15(14)12-6-5-7-13(19)10(12)2;/h5-9,15H,4H2,1-3H3,(H,21,22);1H/t15-;/m0./s1. The molecule has 0 fully saturated rings. The SMILES string of the molecule is Br.CCOC(=O)C1=C(C)NC(c2nccs2)=N[C@H]1c1cccc(F)c1C. The van der Waals surface area contributed by atoms with E-state index in [9.17, 15) is 9.18 Å². The van der Waals surface area contributed by atoms with Crippen LogP contribution in [-0.2, 0) is 9.53 Å². The van der Waals surface area contributed by atoms with Gasteiger partial charge in [-0.05, 0) is 38.0 Å². The van der Waals surface area contributed by atoms with Gasteiger partial charge in [0.15, 0.2) is 10.8 Å². The lowest BCUT2D eigenvalue weighted by atomic mass is 9.92. The number of nitrogens with zero attached hydrogens (tertiary/aromatic N) is 2. The van der Waals surface area contributed by atoms with Gasteiger partial charge in [0.25, 0.3) is 0 Å². The molecule has 0 saturated carbocycles. The average molecular weight is 440 g/mol. The highest BCUT2D eigenvalue weighted by Gasteiger charge is 2.32. The number of aliphatic imine (C=N–C) groups is 1. The second kappa shape index (κ2) is 8.55. The summed E-state index contributed by atoms with van der Waals surface area (Å²) in [5.41, 5.74) is 2.12. The van der Waals surface area contributed by atoms with Crippen molar-refractivity contribution in [3.63, 3.8) is 0 Å². The highest BCUT2D eigenvalue weighted by molar-refractivity contribution is 8.93. The molecule has 3 rings (SSSR count). The van der Waals surface area contributed by atoms with Crippen molar-refractivity contribution < 1.29 is 13.9 Å². The van der Waals surface area contributed by atoms with Crippen LogP contribution in [0.1, 0.15) is 36.0 Å². The van der Waals surface area contributed by atoms with Crippen molar-refractivity contribution in [2.75, 3.05) is 6.61 Å². The van der Waals surface area contributed by atoms with Crippen LogP contribution in [0.15, 0.2) is 46.0 Å². The number of hydrogen-bond donors (Lipinski definition) is 1. The molecule has 0 aliphatic carbocycles. The van der Waals surface area contributed by atoms with Crippen molar-refractivity contribution in [2.24, 2.45) is 4.99 Å². The van der Waals surface area contributed by atoms with Gasteiger partial charge in [0, 0.05) is 17.3 Å². The molecule has 1 aromatic heterocycles. The number of hydrogen-bond acceptors (Lipinski definition) is 6. The van der Waals surface area contributed by atoms with Crippen molar-refractivity contribution in [1.29, 1.82) is 0 Å². The number of benzene rings is 1. The molecule has 138 valence electrons. The first-order valence-corrected chi connectivity index (χ1v) is 8.78. The summed E-state index contributed by atoms with van der Waals surface area (Å²) in [7, 11) is 0. The summed E-state index contributed by atoms with van der Waals surface area (Å²) in [6.07, 6.45) is 1.69. The van der Waals surface area contributed by atoms with Crippen molar-refractivity contribution in [3.8, 4) is 0 Å². The number of amidine groups is 1. The molecule has 0 radical (unpaired) electrons. The zero-order valence-corrected chi connectivity index (χ0v) is 17.1. The van der Waals surface area contributed by atoms with Gasteiger partial charge in [-0.25, -0.2) is 14.2 Å². The molecule has 2 aromatic rings. The van der Waals surface area contributed by atoms with E-state index in [1.807, 2.05) is 5.38 Å². The molecule has 26 heavy (non-hydrogen) atoms. The minimum Gasteiger partial charge on any atom is -0.463 e. The molecular formula is C18H19BrFN3O2S. The van der Waals surface area contributed by atoms with Gasteiger partial charge in [0.05, 0.1) is 12.2 Å². The van der Waals surface area contributed by atoms with E-state index in [2.05, 4.69) is 15.3 Å². The van der Waals surface area contributed by atoms with E-state index >= 15 is 0 Å². The molecule has 8 heteroatoms. The van der Waals surface area contributed by atoms with E-state index in [4.69, 9.17) is 4.74 Å². The molecule has 5 nitrogen and oxygen atoms in total. The van der Waals surface area contributed by atoms with Crippen molar-refractivity contribution in [2.45, 2.75) is 26.8 Å². The first-order valence-electron chi connectivity index (χ1n) is 7.90. The van der Waals surface area contributed by atoms with Crippen LogP contribution in [0.3, 0.4) is 0 Å². The molecule has 1 atom stereocenters. The third-order valence-electron chi connectivity index (χ3n) is 3.98. The molecule has 1 aliphatic heterocycles. The molecule has 0 unspecified atom stereocenters. The maximum atomic E-state index is 14.1. The van der Waals surface area contributed by atoms with Crippen LogP contribution in [0.5, 0.6) is 0 Å². The third-order valence-corrected chi connectivity index (χ3v) is 4.76. The number of nitrogens with one attached hydrogen (secondary N) is 1. The quantitative estimate of drug-likeness (QED) is 0.728. The van der Waals surface area contributed by atoms with Gasteiger partial charge < -0.3 is 10.1 Å². The number of rotatable bonds is 4. The summed E-state index contributed by atoms with van der Waals surface area (Å²) in [5, 5.41) is 5.68. The van der Waals surface area contributed by atoms with E-state index < -0.39 is 12.0 Å². The molecule has 0 amide bonds. The fourth-order valence-corrected chi connectivity index (χ4v) is 3.33. The smallest absolute Gasteiger partial charge is 0.338 e. The minimum absolute atomic E-state index is 0. The van der Waals surface area contributed by atoms with Gasteiger partial charge in [0.1, 0.15) is 11.9 Å². The lowest BCUT2D eigenvalue weighted by molar-refractivity contribution is -0.138. The molecular weight excluding hydrogens is 421 g/mol. The lowest BCUT2D eigenvalue weighted by Gasteiger charge is -2.26. The maximum absolute atomic E-state index is 14.1. The summed E-state index contributed by atoms with van der Waals surface area (Å²) in [4.78, 5) is 21.4. The van der Waals surface area contributed by atoms with Gasteiger partial charge >= 0.3 is 5.97 Å². The predicted octanol–water partition coefficient (Wildman–Crippen LogP) is 4.10. The summed E-state index contributed by atoms with van der Waals surface area (Å²) < 4.78 is 19.3. The summed E-state index contributed by atoms with van der Waals surface area (Å²) in [6.45, 7) is 5.48. The van der Waals surface area contributed by atoms with E-state index in [1.54, 1.807) is 39.1 Å². The number of esters is 1. The topological polar surface area (TPSA) is 63.6 Å². The number of carbonyl (C=O) groups excluding carboxylic acids is 1. The van der Waals surface area contributed by atoms with Crippen LogP contribution < -0.4 is 5.32 Å². The fourth-order valence-electron chi connectivity index (χ4n) is 2.74. The number of carbonyl (C=O) groups is 1. The Kier molecular flexibility index (Phi) is 6.66. The lowest BCUT2D eigenvalue weighted by Crippen LogP contribution is -2.33. The van der Waals surface area contributed by atoms with E-state index in [1.165, 1.54) is 17.4 Å². The van der Waals surface area contributed by atoms with Gasteiger partial charge in [0.2, 0.25) is 0 Å². The number of aromatic nitrogens is 1. The Bertz CT molecular complexity index is 865. The van der Waals surface area contributed by atoms with Gasteiger partial charge in [-0.1, -0.05) is 12.1 Å². The summed E-state index contributed by atoms with van der Waals surface area (Å²) in [5.74, 6) is -0.222. The molecule has 0 bridgehead atoms. The number of allylic oxidation sites excluding steroid dienone is 1. The molecule has 0 saturated heterocycles. The Hall–Kier alpha value is -2.06. The van der Waals surface area contributed by atoms with Crippen LogP contribution in [0.4, 0.5) is 4.39 Å². The zero-order chi connectivity index (χ0) is 18.0. The second-order valence-corrected chi connectivity index (χ2v) is 6.45. The molecule has 0 spiro atoms. The highest BCUT2D eigenvalue weighted by Crippen LogP contribution is 2.34. The number of halogens is 2. The zero-order valence-electron chi connectivity index (χ0n) is 14.6. The molecule has 2 heterocycles. The predicted molar refractivity (Wildman–Crippen MR) is 105 cm³/mol. The summed E-state index contributed by atoms with van der Waals surface area (Å²) in [6, 6.07) is 4.15. The maximum Gasteiger partial charge on any atom is 0.338 e.